The number of aryl methyl sites for hydroxylation is 2. The summed E-state index contributed by atoms with van der Waals surface area (Å²) in [5.74, 6) is -0.0538. The molecule has 1 N–H and O–H groups in total. The number of benzene rings is 1. The Kier molecular flexibility index (Phi) is 4.65. The number of nitrogens with one attached hydrogen (secondary N) is 1. The minimum absolute atomic E-state index is 0.0538. The highest BCUT2D eigenvalue weighted by atomic mass is 16.2. The van der Waals surface area contributed by atoms with E-state index in [4.69, 9.17) is 0 Å². The van der Waals surface area contributed by atoms with Crippen molar-refractivity contribution in [2.24, 2.45) is 0 Å². The fourth-order valence-electron chi connectivity index (χ4n) is 3.08. The zero-order valence-electron chi connectivity index (χ0n) is 13.9. The Morgan fingerprint density at radius 3 is 2.43 bits per heavy atom. The fourth-order valence-corrected chi connectivity index (χ4v) is 3.08. The Bertz CT molecular complexity index is 669. The van der Waals surface area contributed by atoms with Crippen LogP contribution in [0.5, 0.6) is 0 Å². The van der Waals surface area contributed by atoms with Crippen LogP contribution in [-0.2, 0) is 11.3 Å². The number of hydrogen-bond acceptors (Lipinski definition) is 3. The van der Waals surface area contributed by atoms with Crippen LogP contribution in [-0.4, -0.2) is 28.8 Å². The molecule has 2 heterocycles. The Labute approximate surface area is 137 Å². The van der Waals surface area contributed by atoms with Gasteiger partial charge in [-0.3, -0.25) is 9.48 Å². The fraction of sp³-hybridized carbons (Fsp3) is 0.444. The van der Waals surface area contributed by atoms with Crippen molar-refractivity contribution >= 4 is 17.3 Å². The predicted octanol–water partition coefficient (Wildman–Crippen LogP) is 3.13. The molecule has 0 bridgehead atoms. The molecular formula is C18H24N4O. The zero-order valence-corrected chi connectivity index (χ0v) is 13.9. The van der Waals surface area contributed by atoms with Gasteiger partial charge in [0.25, 0.3) is 0 Å². The lowest BCUT2D eigenvalue weighted by molar-refractivity contribution is -0.116. The van der Waals surface area contributed by atoms with Crippen molar-refractivity contribution < 1.29 is 4.79 Å². The predicted molar refractivity (Wildman–Crippen MR) is 92.8 cm³/mol. The van der Waals surface area contributed by atoms with E-state index in [1.165, 1.54) is 24.9 Å². The van der Waals surface area contributed by atoms with Gasteiger partial charge in [0, 0.05) is 30.2 Å². The third kappa shape index (κ3) is 3.92. The summed E-state index contributed by atoms with van der Waals surface area (Å²) in [6, 6.07) is 10.1. The van der Waals surface area contributed by atoms with E-state index in [0.29, 0.717) is 0 Å². The van der Waals surface area contributed by atoms with Crippen LogP contribution >= 0.6 is 0 Å². The second kappa shape index (κ2) is 6.86. The normalized spacial score (nSPS) is 14.8. The van der Waals surface area contributed by atoms with E-state index in [1.807, 2.05) is 32.0 Å². The summed E-state index contributed by atoms with van der Waals surface area (Å²) < 4.78 is 1.73. The average Bonchev–Trinajstić information content (AvgIpc) is 2.86. The number of amides is 1. The van der Waals surface area contributed by atoms with Crippen LogP contribution in [0.1, 0.15) is 30.7 Å². The molecule has 0 atom stereocenters. The number of piperidine rings is 1. The van der Waals surface area contributed by atoms with Crippen molar-refractivity contribution in [2.75, 3.05) is 23.3 Å². The third-order valence-corrected chi connectivity index (χ3v) is 4.27. The molecule has 1 aliphatic heterocycles. The summed E-state index contributed by atoms with van der Waals surface area (Å²) in [7, 11) is 0. The van der Waals surface area contributed by atoms with Gasteiger partial charge in [0.1, 0.15) is 6.54 Å². The summed E-state index contributed by atoms with van der Waals surface area (Å²) in [6.07, 6.45) is 3.86. The van der Waals surface area contributed by atoms with E-state index >= 15 is 0 Å². The first-order valence-electron chi connectivity index (χ1n) is 8.28. The topological polar surface area (TPSA) is 50.2 Å². The average molecular weight is 312 g/mol. The molecule has 5 heteroatoms. The summed E-state index contributed by atoms with van der Waals surface area (Å²) in [4.78, 5) is 14.6. The first-order chi connectivity index (χ1) is 11.1. The second-order valence-corrected chi connectivity index (χ2v) is 6.23. The summed E-state index contributed by atoms with van der Waals surface area (Å²) in [5, 5.41) is 7.26. The van der Waals surface area contributed by atoms with Gasteiger partial charge in [0.2, 0.25) is 5.91 Å². The van der Waals surface area contributed by atoms with Crippen molar-refractivity contribution in [2.45, 2.75) is 39.7 Å². The molecule has 122 valence electrons. The van der Waals surface area contributed by atoms with Gasteiger partial charge in [-0.15, -0.1) is 0 Å². The van der Waals surface area contributed by atoms with Gasteiger partial charge >= 0.3 is 0 Å². The van der Waals surface area contributed by atoms with Gasteiger partial charge in [0.15, 0.2) is 0 Å². The van der Waals surface area contributed by atoms with Crippen LogP contribution in [0.3, 0.4) is 0 Å². The third-order valence-electron chi connectivity index (χ3n) is 4.27. The van der Waals surface area contributed by atoms with E-state index in [9.17, 15) is 4.79 Å². The lowest BCUT2D eigenvalue weighted by Crippen LogP contribution is -2.29. The number of rotatable bonds is 4. The summed E-state index contributed by atoms with van der Waals surface area (Å²) in [5.41, 5.74) is 4.00. The Balaban J connectivity index is 1.59. The molecule has 5 nitrogen and oxygen atoms in total. The number of nitrogens with zero attached hydrogens (tertiary/aromatic N) is 3. The largest absolute Gasteiger partial charge is 0.372 e. The Morgan fingerprint density at radius 1 is 1.13 bits per heavy atom. The quantitative estimate of drug-likeness (QED) is 0.943. The van der Waals surface area contributed by atoms with Gasteiger partial charge in [0.05, 0.1) is 5.69 Å². The number of aromatic nitrogens is 2. The minimum Gasteiger partial charge on any atom is -0.372 e. The number of carbonyl (C=O) groups excluding carboxylic acids is 1. The minimum atomic E-state index is -0.0538. The van der Waals surface area contributed by atoms with Crippen molar-refractivity contribution in [1.29, 1.82) is 0 Å². The monoisotopic (exact) mass is 312 g/mol. The smallest absolute Gasteiger partial charge is 0.246 e. The lowest BCUT2D eigenvalue weighted by atomic mass is 10.1. The van der Waals surface area contributed by atoms with Crippen LogP contribution in [0.25, 0.3) is 0 Å². The molecule has 2 aromatic rings. The van der Waals surface area contributed by atoms with E-state index in [-0.39, 0.29) is 12.5 Å². The van der Waals surface area contributed by atoms with Crippen LogP contribution in [0.4, 0.5) is 11.4 Å². The van der Waals surface area contributed by atoms with Crippen molar-refractivity contribution in [3.63, 3.8) is 0 Å². The van der Waals surface area contributed by atoms with Gasteiger partial charge in [-0.25, -0.2) is 0 Å². The molecule has 1 saturated heterocycles. The molecule has 1 aromatic heterocycles. The van der Waals surface area contributed by atoms with E-state index in [0.717, 1.165) is 30.2 Å². The highest BCUT2D eigenvalue weighted by Gasteiger charge is 2.11. The molecule has 1 amide bonds. The molecule has 0 saturated carbocycles. The number of anilines is 2. The maximum Gasteiger partial charge on any atom is 0.246 e. The van der Waals surface area contributed by atoms with Crippen LogP contribution < -0.4 is 10.2 Å². The molecule has 0 unspecified atom stereocenters. The van der Waals surface area contributed by atoms with Gasteiger partial charge in [-0.1, -0.05) is 0 Å². The molecule has 23 heavy (non-hydrogen) atoms. The first kappa shape index (κ1) is 15.6. The van der Waals surface area contributed by atoms with Crippen LogP contribution in [0, 0.1) is 13.8 Å². The van der Waals surface area contributed by atoms with Gasteiger partial charge in [-0.05, 0) is 63.4 Å². The number of hydrogen-bond donors (Lipinski definition) is 1. The molecule has 1 aromatic carbocycles. The Morgan fingerprint density at radius 2 is 1.83 bits per heavy atom. The molecule has 0 aliphatic carbocycles. The molecule has 1 fully saturated rings. The molecule has 1 aliphatic rings. The molecule has 3 rings (SSSR count). The van der Waals surface area contributed by atoms with Gasteiger partial charge < -0.3 is 10.2 Å². The first-order valence-corrected chi connectivity index (χ1v) is 8.28. The zero-order chi connectivity index (χ0) is 16.2. The highest BCUT2D eigenvalue weighted by Crippen LogP contribution is 2.21. The van der Waals surface area contributed by atoms with Crippen molar-refractivity contribution in [3.05, 3.63) is 41.7 Å². The SMILES string of the molecule is Cc1cc(C)n(CC(=O)Nc2ccc(N3CCCCC3)cc2)n1. The standard InChI is InChI=1S/C18H24N4O/c1-14-12-15(2)22(20-14)13-18(23)19-16-6-8-17(9-7-16)21-10-4-3-5-11-21/h6-9,12H,3-5,10-11,13H2,1-2H3,(H,19,23). The van der Waals surface area contributed by atoms with E-state index in [2.05, 4.69) is 27.4 Å². The maximum atomic E-state index is 12.1. The van der Waals surface area contributed by atoms with Gasteiger partial charge in [-0.2, -0.15) is 5.10 Å². The maximum absolute atomic E-state index is 12.1. The lowest BCUT2D eigenvalue weighted by Gasteiger charge is -2.28. The van der Waals surface area contributed by atoms with E-state index < -0.39 is 0 Å². The molecule has 0 radical (unpaired) electrons. The second-order valence-electron chi connectivity index (χ2n) is 6.23. The van der Waals surface area contributed by atoms with Crippen LogP contribution in [0.15, 0.2) is 30.3 Å². The molecular weight excluding hydrogens is 288 g/mol. The van der Waals surface area contributed by atoms with Crippen LogP contribution in [0.2, 0.25) is 0 Å². The summed E-state index contributed by atoms with van der Waals surface area (Å²) >= 11 is 0. The van der Waals surface area contributed by atoms with E-state index in [1.54, 1.807) is 4.68 Å². The number of carbonyl (C=O) groups is 1. The van der Waals surface area contributed by atoms with Crippen molar-refractivity contribution in [1.82, 2.24) is 9.78 Å². The molecule has 0 spiro atoms. The summed E-state index contributed by atoms with van der Waals surface area (Å²) in [6.45, 7) is 6.39. The Hall–Kier alpha value is -2.30. The van der Waals surface area contributed by atoms with Crippen molar-refractivity contribution in [3.8, 4) is 0 Å². The highest BCUT2D eigenvalue weighted by molar-refractivity contribution is 5.90.